The number of aromatic hydroxyl groups is 1. The standard InChI is InChI=1S/C9H10Cl2O2/c1-5-2-3-6(4-7(5)12)8(13)9(10)11/h2-4,8-9,12-13H,1H3. The third-order valence-corrected chi connectivity index (χ3v) is 2.29. The highest BCUT2D eigenvalue weighted by Crippen LogP contribution is 2.27. The van der Waals surface area contributed by atoms with E-state index in [-0.39, 0.29) is 5.75 Å². The number of aryl methyl sites for hydroxylation is 1. The Bertz CT molecular complexity index is 300. The van der Waals surface area contributed by atoms with E-state index in [0.29, 0.717) is 5.56 Å². The number of halogens is 2. The van der Waals surface area contributed by atoms with Crippen LogP contribution in [0.15, 0.2) is 18.2 Å². The molecular weight excluding hydrogens is 211 g/mol. The molecule has 1 atom stereocenters. The van der Waals surface area contributed by atoms with Crippen LogP contribution in [-0.2, 0) is 0 Å². The van der Waals surface area contributed by atoms with E-state index in [4.69, 9.17) is 23.2 Å². The highest BCUT2D eigenvalue weighted by Gasteiger charge is 2.16. The van der Waals surface area contributed by atoms with E-state index in [1.807, 2.05) is 0 Å². The molecule has 0 bridgehead atoms. The summed E-state index contributed by atoms with van der Waals surface area (Å²) in [5.41, 5.74) is 1.26. The van der Waals surface area contributed by atoms with Crippen LogP contribution in [0.1, 0.15) is 17.2 Å². The lowest BCUT2D eigenvalue weighted by Gasteiger charge is -2.12. The van der Waals surface area contributed by atoms with Gasteiger partial charge in [-0.05, 0) is 24.1 Å². The second kappa shape index (κ2) is 4.18. The summed E-state index contributed by atoms with van der Waals surface area (Å²) in [6.45, 7) is 1.77. The summed E-state index contributed by atoms with van der Waals surface area (Å²) in [7, 11) is 0. The zero-order chi connectivity index (χ0) is 10.0. The zero-order valence-electron chi connectivity index (χ0n) is 7.04. The van der Waals surface area contributed by atoms with E-state index in [1.54, 1.807) is 19.1 Å². The molecule has 0 aromatic heterocycles. The highest BCUT2D eigenvalue weighted by atomic mass is 35.5. The van der Waals surface area contributed by atoms with Crippen molar-refractivity contribution in [2.75, 3.05) is 0 Å². The van der Waals surface area contributed by atoms with Crippen molar-refractivity contribution < 1.29 is 10.2 Å². The summed E-state index contributed by atoms with van der Waals surface area (Å²) < 4.78 is 0. The van der Waals surface area contributed by atoms with E-state index in [1.165, 1.54) is 6.07 Å². The van der Waals surface area contributed by atoms with Gasteiger partial charge in [-0.2, -0.15) is 0 Å². The Hall–Kier alpha value is -0.440. The molecule has 0 aliphatic heterocycles. The van der Waals surface area contributed by atoms with E-state index in [9.17, 15) is 10.2 Å². The number of rotatable bonds is 2. The van der Waals surface area contributed by atoms with Crippen molar-refractivity contribution >= 4 is 23.2 Å². The molecule has 0 heterocycles. The largest absolute Gasteiger partial charge is 0.508 e. The molecule has 0 aliphatic rings. The lowest BCUT2D eigenvalue weighted by Crippen LogP contribution is -2.05. The molecule has 2 nitrogen and oxygen atoms in total. The van der Waals surface area contributed by atoms with Crippen molar-refractivity contribution in [2.24, 2.45) is 0 Å². The van der Waals surface area contributed by atoms with Crippen molar-refractivity contribution in [2.45, 2.75) is 17.9 Å². The van der Waals surface area contributed by atoms with Crippen LogP contribution >= 0.6 is 23.2 Å². The second-order valence-corrected chi connectivity index (χ2v) is 3.99. The van der Waals surface area contributed by atoms with Crippen molar-refractivity contribution in [3.63, 3.8) is 0 Å². The van der Waals surface area contributed by atoms with Crippen LogP contribution < -0.4 is 0 Å². The number of alkyl halides is 2. The molecule has 0 saturated heterocycles. The monoisotopic (exact) mass is 220 g/mol. The zero-order valence-corrected chi connectivity index (χ0v) is 8.55. The Morgan fingerprint density at radius 2 is 1.92 bits per heavy atom. The van der Waals surface area contributed by atoms with Crippen LogP contribution in [0.4, 0.5) is 0 Å². The van der Waals surface area contributed by atoms with Crippen LogP contribution in [0.5, 0.6) is 5.75 Å². The van der Waals surface area contributed by atoms with Gasteiger partial charge in [0, 0.05) is 0 Å². The number of phenols is 1. The minimum Gasteiger partial charge on any atom is -0.508 e. The molecule has 0 aliphatic carbocycles. The van der Waals surface area contributed by atoms with Crippen LogP contribution in [0, 0.1) is 6.92 Å². The maximum absolute atomic E-state index is 9.44. The molecule has 0 radical (unpaired) electrons. The van der Waals surface area contributed by atoms with Crippen LogP contribution in [-0.4, -0.2) is 15.0 Å². The number of phenolic OH excluding ortho intramolecular Hbond substituents is 1. The summed E-state index contributed by atoms with van der Waals surface area (Å²) in [6, 6.07) is 4.83. The Kier molecular flexibility index (Phi) is 3.42. The van der Waals surface area contributed by atoms with Crippen LogP contribution in [0.2, 0.25) is 0 Å². The number of hydrogen-bond donors (Lipinski definition) is 2. The average Bonchev–Trinajstić information content (AvgIpc) is 2.08. The van der Waals surface area contributed by atoms with Gasteiger partial charge in [-0.25, -0.2) is 0 Å². The molecule has 2 N–H and O–H groups in total. The normalized spacial score (nSPS) is 13.3. The fraction of sp³-hybridized carbons (Fsp3) is 0.333. The number of benzene rings is 1. The van der Waals surface area contributed by atoms with Gasteiger partial charge in [0.1, 0.15) is 16.7 Å². The Balaban J connectivity index is 2.97. The lowest BCUT2D eigenvalue weighted by atomic mass is 10.1. The Morgan fingerprint density at radius 3 is 2.38 bits per heavy atom. The van der Waals surface area contributed by atoms with Gasteiger partial charge in [0.05, 0.1) is 0 Å². The van der Waals surface area contributed by atoms with Crippen LogP contribution in [0.25, 0.3) is 0 Å². The molecule has 0 spiro atoms. The topological polar surface area (TPSA) is 40.5 Å². The SMILES string of the molecule is Cc1ccc(C(O)C(Cl)Cl)cc1O. The van der Waals surface area contributed by atoms with Crippen molar-refractivity contribution in [1.82, 2.24) is 0 Å². The van der Waals surface area contributed by atoms with Gasteiger partial charge >= 0.3 is 0 Å². The summed E-state index contributed by atoms with van der Waals surface area (Å²) in [5, 5.41) is 18.8. The van der Waals surface area contributed by atoms with Gasteiger partial charge in [0.15, 0.2) is 0 Å². The van der Waals surface area contributed by atoms with E-state index in [2.05, 4.69) is 0 Å². The predicted octanol–water partition coefficient (Wildman–Crippen LogP) is 2.54. The molecule has 1 unspecified atom stereocenters. The number of aliphatic hydroxyl groups is 1. The molecular formula is C9H10Cl2O2. The molecule has 1 rings (SSSR count). The summed E-state index contributed by atoms with van der Waals surface area (Å²) in [5.74, 6) is 0.130. The Morgan fingerprint density at radius 1 is 1.31 bits per heavy atom. The summed E-state index contributed by atoms with van der Waals surface area (Å²) >= 11 is 11.0. The third-order valence-electron chi connectivity index (χ3n) is 1.81. The number of aliphatic hydroxyl groups excluding tert-OH is 1. The van der Waals surface area contributed by atoms with Gasteiger partial charge < -0.3 is 10.2 Å². The van der Waals surface area contributed by atoms with Gasteiger partial charge in [-0.15, -0.1) is 23.2 Å². The maximum atomic E-state index is 9.44. The molecule has 72 valence electrons. The van der Waals surface area contributed by atoms with Gasteiger partial charge in [0.2, 0.25) is 0 Å². The first-order chi connectivity index (χ1) is 6.02. The van der Waals surface area contributed by atoms with E-state index >= 15 is 0 Å². The van der Waals surface area contributed by atoms with E-state index < -0.39 is 10.9 Å². The molecule has 0 saturated carbocycles. The third kappa shape index (κ3) is 2.50. The van der Waals surface area contributed by atoms with Crippen molar-refractivity contribution in [3.8, 4) is 5.75 Å². The molecule has 1 aromatic rings. The highest BCUT2D eigenvalue weighted by molar-refractivity contribution is 6.44. The fourth-order valence-electron chi connectivity index (χ4n) is 0.956. The first-order valence-electron chi connectivity index (χ1n) is 3.78. The number of hydrogen-bond acceptors (Lipinski definition) is 2. The molecule has 0 amide bonds. The Labute approximate surface area is 86.7 Å². The molecule has 0 fully saturated rings. The fourth-order valence-corrected chi connectivity index (χ4v) is 1.25. The molecule has 1 aromatic carbocycles. The van der Waals surface area contributed by atoms with Gasteiger partial charge in [-0.3, -0.25) is 0 Å². The van der Waals surface area contributed by atoms with Gasteiger partial charge in [0.25, 0.3) is 0 Å². The average molecular weight is 221 g/mol. The second-order valence-electron chi connectivity index (χ2n) is 2.83. The summed E-state index contributed by atoms with van der Waals surface area (Å²) in [6.07, 6.45) is -0.963. The summed E-state index contributed by atoms with van der Waals surface area (Å²) in [4.78, 5) is -0.887. The first kappa shape index (κ1) is 10.6. The quantitative estimate of drug-likeness (QED) is 0.753. The maximum Gasteiger partial charge on any atom is 0.137 e. The smallest absolute Gasteiger partial charge is 0.137 e. The molecule has 4 heteroatoms. The molecule has 13 heavy (non-hydrogen) atoms. The minimum absolute atomic E-state index is 0.130. The van der Waals surface area contributed by atoms with Gasteiger partial charge in [-0.1, -0.05) is 12.1 Å². The lowest BCUT2D eigenvalue weighted by molar-refractivity contribution is 0.192. The first-order valence-corrected chi connectivity index (χ1v) is 4.65. The van der Waals surface area contributed by atoms with Crippen molar-refractivity contribution in [3.05, 3.63) is 29.3 Å². The van der Waals surface area contributed by atoms with Crippen molar-refractivity contribution in [1.29, 1.82) is 0 Å². The van der Waals surface area contributed by atoms with E-state index in [0.717, 1.165) is 5.56 Å². The predicted molar refractivity (Wildman–Crippen MR) is 53.3 cm³/mol. The minimum atomic E-state index is -0.963. The van der Waals surface area contributed by atoms with Crippen LogP contribution in [0.3, 0.4) is 0 Å².